The maximum Gasteiger partial charge on any atom is 0.357 e. The second-order valence-corrected chi connectivity index (χ2v) is 4.57. The van der Waals surface area contributed by atoms with Gasteiger partial charge in [0.25, 0.3) is 11.6 Å². The number of hydrogen-bond acceptors (Lipinski definition) is 6. The Labute approximate surface area is 131 Å². The molecule has 1 aromatic carbocycles. The molecule has 0 saturated carbocycles. The predicted molar refractivity (Wildman–Crippen MR) is 81.0 cm³/mol. The Morgan fingerprint density at radius 2 is 2.04 bits per heavy atom. The summed E-state index contributed by atoms with van der Waals surface area (Å²) in [5.74, 6) is -1.42. The Hall–Kier alpha value is -3.29. The number of benzene rings is 1. The van der Waals surface area contributed by atoms with Crippen LogP contribution in [-0.4, -0.2) is 28.4 Å². The van der Waals surface area contributed by atoms with E-state index in [1.165, 1.54) is 24.4 Å². The second-order valence-electron chi connectivity index (χ2n) is 4.57. The van der Waals surface area contributed by atoms with E-state index in [4.69, 9.17) is 4.74 Å². The highest BCUT2D eigenvalue weighted by atomic mass is 16.6. The zero-order valence-corrected chi connectivity index (χ0v) is 12.2. The molecule has 0 aliphatic heterocycles. The molecular weight excluding hydrogens is 302 g/mol. The number of pyridine rings is 1. The van der Waals surface area contributed by atoms with E-state index in [1.54, 1.807) is 25.1 Å². The van der Waals surface area contributed by atoms with Crippen molar-refractivity contribution in [2.45, 2.75) is 6.92 Å². The van der Waals surface area contributed by atoms with Crippen LogP contribution in [-0.2, 0) is 9.53 Å². The van der Waals surface area contributed by atoms with E-state index in [9.17, 15) is 19.7 Å². The van der Waals surface area contributed by atoms with E-state index < -0.39 is 23.4 Å². The van der Waals surface area contributed by atoms with Gasteiger partial charge in [0.15, 0.2) is 6.61 Å². The molecular formula is C15H13N3O5. The van der Waals surface area contributed by atoms with Crippen LogP contribution in [0.3, 0.4) is 0 Å². The van der Waals surface area contributed by atoms with Crippen molar-refractivity contribution in [3.8, 4) is 0 Å². The number of nitro groups is 1. The van der Waals surface area contributed by atoms with Gasteiger partial charge in [0, 0.05) is 12.3 Å². The van der Waals surface area contributed by atoms with Gasteiger partial charge in [-0.05, 0) is 24.6 Å². The van der Waals surface area contributed by atoms with Crippen molar-refractivity contribution in [3.05, 3.63) is 64.0 Å². The molecule has 2 aromatic rings. The predicted octanol–water partition coefficient (Wildman–Crippen LogP) is 2.09. The quantitative estimate of drug-likeness (QED) is 0.513. The summed E-state index contributed by atoms with van der Waals surface area (Å²) >= 11 is 0. The summed E-state index contributed by atoms with van der Waals surface area (Å²) in [5, 5.41) is 13.4. The largest absolute Gasteiger partial charge is 0.451 e. The SMILES string of the molecule is Cc1cccc([N+](=O)[O-])c1NC(=O)COC(=O)c1ccccn1. The van der Waals surface area contributed by atoms with E-state index in [1.807, 2.05) is 0 Å². The van der Waals surface area contributed by atoms with Crippen molar-refractivity contribution in [3.63, 3.8) is 0 Å². The monoisotopic (exact) mass is 315 g/mol. The van der Waals surface area contributed by atoms with Gasteiger partial charge in [0.2, 0.25) is 0 Å². The van der Waals surface area contributed by atoms with Crippen LogP contribution in [0, 0.1) is 17.0 Å². The zero-order valence-electron chi connectivity index (χ0n) is 12.2. The van der Waals surface area contributed by atoms with Crippen molar-refractivity contribution >= 4 is 23.3 Å². The number of rotatable bonds is 5. The average molecular weight is 315 g/mol. The van der Waals surface area contributed by atoms with E-state index in [-0.39, 0.29) is 17.1 Å². The number of para-hydroxylation sites is 1. The van der Waals surface area contributed by atoms with E-state index in [2.05, 4.69) is 10.3 Å². The number of carbonyl (C=O) groups excluding carboxylic acids is 2. The molecule has 1 N–H and O–H groups in total. The van der Waals surface area contributed by atoms with Crippen LogP contribution in [0.1, 0.15) is 16.1 Å². The minimum atomic E-state index is -0.750. The Bertz CT molecular complexity index is 746. The summed E-state index contributed by atoms with van der Waals surface area (Å²) < 4.78 is 4.82. The first-order valence-electron chi connectivity index (χ1n) is 6.61. The first-order valence-corrected chi connectivity index (χ1v) is 6.61. The molecule has 0 saturated heterocycles. The summed E-state index contributed by atoms with van der Waals surface area (Å²) in [6, 6.07) is 9.13. The zero-order chi connectivity index (χ0) is 16.8. The molecule has 2 rings (SSSR count). The molecule has 0 unspecified atom stereocenters. The van der Waals surface area contributed by atoms with Crippen LogP contribution in [0.25, 0.3) is 0 Å². The van der Waals surface area contributed by atoms with Crippen molar-refractivity contribution in [1.82, 2.24) is 4.98 Å². The van der Waals surface area contributed by atoms with Gasteiger partial charge in [0.1, 0.15) is 11.4 Å². The Kier molecular flexibility index (Phi) is 4.98. The molecule has 8 nitrogen and oxygen atoms in total. The van der Waals surface area contributed by atoms with Crippen LogP contribution >= 0.6 is 0 Å². The smallest absolute Gasteiger partial charge is 0.357 e. The van der Waals surface area contributed by atoms with Gasteiger partial charge in [-0.15, -0.1) is 0 Å². The summed E-state index contributed by atoms with van der Waals surface area (Å²) in [6.07, 6.45) is 1.42. The number of ether oxygens (including phenoxy) is 1. The fourth-order valence-electron chi connectivity index (χ4n) is 1.83. The number of nitro benzene ring substituents is 1. The molecule has 1 heterocycles. The standard InChI is InChI=1S/C15H13N3O5/c1-10-5-4-7-12(18(21)22)14(10)17-13(19)9-23-15(20)11-6-2-3-8-16-11/h2-8H,9H2,1H3,(H,17,19). The maximum absolute atomic E-state index is 11.8. The molecule has 0 bridgehead atoms. The van der Waals surface area contributed by atoms with Crippen LogP contribution in [0.15, 0.2) is 42.6 Å². The topological polar surface area (TPSA) is 111 Å². The lowest BCUT2D eigenvalue weighted by Gasteiger charge is -2.09. The van der Waals surface area contributed by atoms with Crippen molar-refractivity contribution in [2.24, 2.45) is 0 Å². The van der Waals surface area contributed by atoms with Gasteiger partial charge in [0.05, 0.1) is 4.92 Å². The minimum absolute atomic E-state index is 0.0715. The number of hydrogen-bond donors (Lipinski definition) is 1. The highest BCUT2D eigenvalue weighted by Gasteiger charge is 2.18. The number of esters is 1. The van der Waals surface area contributed by atoms with Crippen molar-refractivity contribution in [1.29, 1.82) is 0 Å². The van der Waals surface area contributed by atoms with Gasteiger partial charge in [-0.2, -0.15) is 0 Å². The number of nitrogens with zero attached hydrogens (tertiary/aromatic N) is 2. The van der Waals surface area contributed by atoms with Crippen LogP contribution in [0.5, 0.6) is 0 Å². The molecule has 0 spiro atoms. The lowest BCUT2D eigenvalue weighted by molar-refractivity contribution is -0.384. The Morgan fingerprint density at radius 1 is 1.26 bits per heavy atom. The number of anilines is 1. The number of aromatic nitrogens is 1. The van der Waals surface area contributed by atoms with E-state index in [0.717, 1.165) is 0 Å². The lowest BCUT2D eigenvalue weighted by atomic mass is 10.1. The highest BCUT2D eigenvalue weighted by Crippen LogP contribution is 2.27. The van der Waals surface area contributed by atoms with Crippen LogP contribution in [0.2, 0.25) is 0 Å². The molecule has 8 heteroatoms. The van der Waals surface area contributed by atoms with Gasteiger partial charge in [-0.3, -0.25) is 14.9 Å². The van der Waals surface area contributed by atoms with Gasteiger partial charge in [-0.1, -0.05) is 18.2 Å². The highest BCUT2D eigenvalue weighted by molar-refractivity contribution is 5.97. The fraction of sp³-hybridized carbons (Fsp3) is 0.133. The minimum Gasteiger partial charge on any atom is -0.451 e. The third kappa shape index (κ3) is 4.10. The summed E-state index contributed by atoms with van der Waals surface area (Å²) in [7, 11) is 0. The molecule has 1 amide bonds. The van der Waals surface area contributed by atoms with Crippen LogP contribution in [0.4, 0.5) is 11.4 Å². The third-order valence-electron chi connectivity index (χ3n) is 2.92. The second kappa shape index (κ2) is 7.12. The molecule has 23 heavy (non-hydrogen) atoms. The molecule has 0 fully saturated rings. The van der Waals surface area contributed by atoms with Crippen molar-refractivity contribution in [2.75, 3.05) is 11.9 Å². The molecule has 118 valence electrons. The molecule has 1 aromatic heterocycles. The Morgan fingerprint density at radius 3 is 2.70 bits per heavy atom. The molecule has 0 aliphatic carbocycles. The van der Waals surface area contributed by atoms with E-state index >= 15 is 0 Å². The Balaban J connectivity index is 2.01. The van der Waals surface area contributed by atoms with Gasteiger partial charge >= 0.3 is 5.97 Å². The summed E-state index contributed by atoms with van der Waals surface area (Å²) in [4.78, 5) is 37.7. The number of aryl methyl sites for hydroxylation is 1. The summed E-state index contributed by atoms with van der Waals surface area (Å²) in [6.45, 7) is 1.06. The normalized spacial score (nSPS) is 9.96. The molecule has 0 radical (unpaired) electrons. The number of nitrogens with one attached hydrogen (secondary N) is 1. The lowest BCUT2D eigenvalue weighted by Crippen LogP contribution is -2.22. The number of carbonyl (C=O) groups is 2. The van der Waals surface area contributed by atoms with Gasteiger partial charge in [-0.25, -0.2) is 9.78 Å². The number of amides is 1. The maximum atomic E-state index is 11.8. The fourth-order valence-corrected chi connectivity index (χ4v) is 1.83. The first kappa shape index (κ1) is 16.1. The van der Waals surface area contributed by atoms with Crippen LogP contribution < -0.4 is 5.32 Å². The average Bonchev–Trinajstić information content (AvgIpc) is 2.55. The van der Waals surface area contributed by atoms with E-state index in [0.29, 0.717) is 5.56 Å². The third-order valence-corrected chi connectivity index (χ3v) is 2.92. The summed E-state index contributed by atoms with van der Waals surface area (Å²) in [5.41, 5.74) is 0.455. The van der Waals surface area contributed by atoms with Crippen molar-refractivity contribution < 1.29 is 19.2 Å². The first-order chi connectivity index (χ1) is 11.0. The van der Waals surface area contributed by atoms with Gasteiger partial charge < -0.3 is 10.1 Å². The molecule has 0 aliphatic rings. The molecule has 0 atom stereocenters.